The average molecular weight is 523 g/mol. The van der Waals surface area contributed by atoms with Crippen molar-refractivity contribution in [2.75, 3.05) is 11.9 Å². The first kappa shape index (κ1) is 28.0. The van der Waals surface area contributed by atoms with Crippen LogP contribution in [0.25, 0.3) is 0 Å². The van der Waals surface area contributed by atoms with E-state index in [0.717, 1.165) is 37.6 Å². The van der Waals surface area contributed by atoms with E-state index in [-0.39, 0.29) is 34.4 Å². The van der Waals surface area contributed by atoms with Gasteiger partial charge in [-0.15, -0.1) is 5.10 Å². The van der Waals surface area contributed by atoms with Gasteiger partial charge in [-0.25, -0.2) is 4.39 Å². The molecule has 2 amide bonds. The van der Waals surface area contributed by atoms with E-state index in [9.17, 15) is 14.0 Å². The number of nitrogens with one attached hydrogen (secondary N) is 2. The topological polar surface area (TPSA) is 112 Å². The van der Waals surface area contributed by atoms with Gasteiger partial charge < -0.3 is 15.7 Å². The number of aliphatic hydroxyl groups excluding tert-OH is 1. The van der Waals surface area contributed by atoms with Gasteiger partial charge in [-0.2, -0.15) is 0 Å². The number of carbonyl (C=O) groups excluding carboxylic acids is 2. The van der Waals surface area contributed by atoms with Crippen LogP contribution < -0.4 is 10.6 Å². The molecule has 36 heavy (non-hydrogen) atoms. The third-order valence-electron chi connectivity index (χ3n) is 6.62. The summed E-state index contributed by atoms with van der Waals surface area (Å²) in [5, 5.41) is 22.7. The van der Waals surface area contributed by atoms with Crippen LogP contribution in [-0.4, -0.2) is 60.5 Å². The van der Waals surface area contributed by atoms with Crippen molar-refractivity contribution in [2.45, 2.75) is 90.0 Å². The van der Waals surface area contributed by atoms with Gasteiger partial charge in [0.05, 0.1) is 10.7 Å². The molecule has 11 heteroatoms. The minimum atomic E-state index is -0.856. The normalized spacial score (nSPS) is 17.6. The minimum Gasteiger partial charge on any atom is -0.396 e. The lowest BCUT2D eigenvalue weighted by molar-refractivity contribution is -0.137. The van der Waals surface area contributed by atoms with Gasteiger partial charge >= 0.3 is 11.8 Å². The summed E-state index contributed by atoms with van der Waals surface area (Å²) in [6.45, 7) is 10.0. The highest BCUT2D eigenvalue weighted by molar-refractivity contribution is 6.39. The van der Waals surface area contributed by atoms with Gasteiger partial charge in [0, 0.05) is 48.7 Å². The van der Waals surface area contributed by atoms with Crippen LogP contribution in [0.3, 0.4) is 0 Å². The molecule has 198 valence electrons. The number of nitrogens with zero attached hydrogens (tertiary/aromatic N) is 4. The Hall–Kier alpha value is -2.56. The predicted molar refractivity (Wildman–Crippen MR) is 136 cm³/mol. The molecule has 0 atom stereocenters. The van der Waals surface area contributed by atoms with Crippen molar-refractivity contribution in [3.8, 4) is 0 Å². The molecule has 1 aromatic heterocycles. The quantitative estimate of drug-likeness (QED) is 0.343. The molecule has 1 aromatic carbocycles. The van der Waals surface area contributed by atoms with Crippen LogP contribution in [0.2, 0.25) is 5.02 Å². The number of benzene rings is 1. The van der Waals surface area contributed by atoms with Gasteiger partial charge in [-0.1, -0.05) is 16.8 Å². The Bertz CT molecular complexity index is 1060. The van der Waals surface area contributed by atoms with Crippen molar-refractivity contribution in [3.05, 3.63) is 40.9 Å². The highest BCUT2D eigenvalue weighted by atomic mass is 35.5. The first-order valence-electron chi connectivity index (χ1n) is 12.3. The monoisotopic (exact) mass is 522 g/mol. The molecule has 1 saturated heterocycles. The highest BCUT2D eigenvalue weighted by Crippen LogP contribution is 2.39. The Morgan fingerprint density at radius 2 is 1.83 bits per heavy atom. The lowest BCUT2D eigenvalue weighted by atomic mass is 9.76. The fourth-order valence-electron chi connectivity index (χ4n) is 5.11. The zero-order valence-corrected chi connectivity index (χ0v) is 22.1. The number of carbonyl (C=O) groups is 2. The number of hydrogen-bond donors (Lipinski definition) is 3. The SMILES string of the molecule is CC1(C)CC(NC(=O)C(=O)Nc2ccc(Cl)c(F)c2)CC(C)(C)N1Cc1cn(CCCCCO)nn1. The number of piperidine rings is 1. The molecule has 3 N–H and O–H groups in total. The third-order valence-corrected chi connectivity index (χ3v) is 6.93. The number of rotatable bonds is 9. The average Bonchev–Trinajstić information content (AvgIpc) is 3.23. The summed E-state index contributed by atoms with van der Waals surface area (Å²) in [7, 11) is 0. The van der Waals surface area contributed by atoms with Gasteiger partial charge in [-0.05, 0) is 78.0 Å². The Morgan fingerprint density at radius 1 is 1.14 bits per heavy atom. The fourth-order valence-corrected chi connectivity index (χ4v) is 5.22. The van der Waals surface area contributed by atoms with E-state index < -0.39 is 17.6 Å². The molecule has 0 radical (unpaired) electrons. The fraction of sp³-hybridized carbons (Fsp3) is 0.600. The Kier molecular flexibility index (Phi) is 9.08. The molecule has 2 aromatic rings. The van der Waals surface area contributed by atoms with Gasteiger partial charge in [-0.3, -0.25) is 19.2 Å². The van der Waals surface area contributed by atoms with E-state index in [2.05, 4.69) is 53.5 Å². The summed E-state index contributed by atoms with van der Waals surface area (Å²) < 4.78 is 15.5. The van der Waals surface area contributed by atoms with Crippen LogP contribution in [0.1, 0.15) is 65.5 Å². The number of likely N-dealkylation sites (tertiary alicyclic amines) is 1. The molecule has 0 spiro atoms. The van der Waals surface area contributed by atoms with E-state index >= 15 is 0 Å². The number of unbranched alkanes of at least 4 members (excludes halogenated alkanes) is 2. The number of hydrogen-bond acceptors (Lipinski definition) is 6. The maximum absolute atomic E-state index is 13.6. The zero-order valence-electron chi connectivity index (χ0n) is 21.4. The van der Waals surface area contributed by atoms with Crippen molar-refractivity contribution in [1.29, 1.82) is 0 Å². The van der Waals surface area contributed by atoms with Gasteiger partial charge in [0.2, 0.25) is 0 Å². The number of aromatic nitrogens is 3. The van der Waals surface area contributed by atoms with Crippen LogP contribution in [0.5, 0.6) is 0 Å². The number of aliphatic hydroxyl groups is 1. The molecule has 0 saturated carbocycles. The zero-order chi connectivity index (χ0) is 26.5. The summed E-state index contributed by atoms with van der Waals surface area (Å²) in [6.07, 6.45) is 5.91. The third kappa shape index (κ3) is 7.24. The molecule has 2 heterocycles. The van der Waals surface area contributed by atoms with Crippen molar-refractivity contribution < 1.29 is 19.1 Å². The molecular weight excluding hydrogens is 487 g/mol. The van der Waals surface area contributed by atoms with E-state index in [1.807, 2.05) is 10.9 Å². The molecule has 0 aliphatic carbocycles. The second-order valence-corrected chi connectivity index (χ2v) is 11.0. The van der Waals surface area contributed by atoms with Crippen molar-refractivity contribution in [2.24, 2.45) is 0 Å². The maximum Gasteiger partial charge on any atom is 0.313 e. The first-order chi connectivity index (χ1) is 16.9. The predicted octanol–water partition coefficient (Wildman–Crippen LogP) is 3.51. The summed E-state index contributed by atoms with van der Waals surface area (Å²) in [5.41, 5.74) is 0.449. The second-order valence-electron chi connectivity index (χ2n) is 10.6. The van der Waals surface area contributed by atoms with Crippen molar-refractivity contribution in [3.63, 3.8) is 0 Å². The largest absolute Gasteiger partial charge is 0.396 e. The van der Waals surface area contributed by atoms with Crippen LogP contribution in [0, 0.1) is 5.82 Å². The molecule has 0 bridgehead atoms. The van der Waals surface area contributed by atoms with Crippen LogP contribution >= 0.6 is 11.6 Å². The molecule has 1 fully saturated rings. The van der Waals surface area contributed by atoms with E-state index in [1.165, 1.54) is 12.1 Å². The van der Waals surface area contributed by atoms with Gasteiger partial charge in [0.25, 0.3) is 0 Å². The summed E-state index contributed by atoms with van der Waals surface area (Å²) in [5.74, 6) is -2.29. The number of amides is 2. The molecule has 9 nitrogen and oxygen atoms in total. The molecule has 1 aliphatic heterocycles. The van der Waals surface area contributed by atoms with E-state index in [0.29, 0.717) is 19.4 Å². The van der Waals surface area contributed by atoms with Crippen molar-refractivity contribution >= 4 is 29.1 Å². The molecule has 3 rings (SSSR count). The second kappa shape index (κ2) is 11.7. The summed E-state index contributed by atoms with van der Waals surface area (Å²) >= 11 is 5.67. The van der Waals surface area contributed by atoms with Crippen LogP contribution in [0.15, 0.2) is 24.4 Å². The first-order valence-corrected chi connectivity index (χ1v) is 12.6. The van der Waals surface area contributed by atoms with Crippen LogP contribution in [-0.2, 0) is 22.7 Å². The van der Waals surface area contributed by atoms with Gasteiger partial charge in [0.15, 0.2) is 0 Å². The van der Waals surface area contributed by atoms with E-state index in [1.54, 1.807) is 0 Å². The Balaban J connectivity index is 1.59. The summed E-state index contributed by atoms with van der Waals surface area (Å²) in [6, 6.07) is 3.62. The molecular formula is C25H36ClFN6O3. The van der Waals surface area contributed by atoms with E-state index in [4.69, 9.17) is 16.7 Å². The molecule has 0 unspecified atom stereocenters. The number of anilines is 1. The Morgan fingerprint density at radius 3 is 2.47 bits per heavy atom. The minimum absolute atomic E-state index is 0.0609. The maximum atomic E-state index is 13.6. The lowest BCUT2D eigenvalue weighted by Crippen LogP contribution is -2.64. The summed E-state index contributed by atoms with van der Waals surface area (Å²) in [4.78, 5) is 27.4. The van der Waals surface area contributed by atoms with Crippen LogP contribution in [0.4, 0.5) is 10.1 Å². The lowest BCUT2D eigenvalue weighted by Gasteiger charge is -2.55. The smallest absolute Gasteiger partial charge is 0.313 e. The van der Waals surface area contributed by atoms with Gasteiger partial charge in [0.1, 0.15) is 5.82 Å². The Labute approximate surface area is 216 Å². The highest BCUT2D eigenvalue weighted by Gasteiger charge is 2.46. The molecule has 1 aliphatic rings. The standard InChI is InChI=1S/C25H36ClFN6O3/c1-24(2)13-18(29-23(36)22(35)28-17-8-9-20(26)21(27)12-17)14-25(3,4)33(24)16-19-15-32(31-30-19)10-6-5-7-11-34/h8-9,12,15,18,34H,5-7,10-11,13-14,16H2,1-4H3,(H,28,35)(H,29,36). The van der Waals surface area contributed by atoms with Crippen molar-refractivity contribution in [1.82, 2.24) is 25.2 Å². The number of aryl methyl sites for hydroxylation is 1. The number of halogens is 2.